The molecule has 0 spiro atoms. The van der Waals surface area contributed by atoms with E-state index < -0.39 is 0 Å². The number of nitrogens with one attached hydrogen (secondary N) is 2. The first-order chi connectivity index (χ1) is 13.3. The SMILES string of the molecule is O=C(COc1cccnc1-c1ccsc1)N/N=C/c1ccc2cc[nH]c2c1. The Morgan fingerprint density at radius 3 is 3.15 bits per heavy atom. The number of thiophene rings is 1. The topological polar surface area (TPSA) is 79.4 Å². The molecule has 0 unspecified atom stereocenters. The summed E-state index contributed by atoms with van der Waals surface area (Å²) in [6, 6.07) is 13.4. The Morgan fingerprint density at radius 2 is 2.26 bits per heavy atom. The number of hydrogen-bond acceptors (Lipinski definition) is 5. The average Bonchev–Trinajstić information content (AvgIpc) is 3.38. The molecule has 3 aromatic heterocycles. The predicted octanol–water partition coefficient (Wildman–Crippen LogP) is 3.82. The Bertz CT molecular complexity index is 1090. The van der Waals surface area contributed by atoms with Crippen molar-refractivity contribution in [1.29, 1.82) is 0 Å². The van der Waals surface area contributed by atoms with Crippen molar-refractivity contribution >= 4 is 34.4 Å². The van der Waals surface area contributed by atoms with Gasteiger partial charge in [-0.05, 0) is 46.7 Å². The van der Waals surface area contributed by atoms with Crippen LogP contribution in [0.2, 0.25) is 0 Å². The predicted molar refractivity (Wildman–Crippen MR) is 107 cm³/mol. The molecular weight excluding hydrogens is 360 g/mol. The van der Waals surface area contributed by atoms with Crippen LogP contribution < -0.4 is 10.2 Å². The third kappa shape index (κ3) is 4.04. The van der Waals surface area contributed by atoms with E-state index in [9.17, 15) is 4.79 Å². The number of carbonyl (C=O) groups is 1. The van der Waals surface area contributed by atoms with Crippen molar-refractivity contribution in [1.82, 2.24) is 15.4 Å². The van der Waals surface area contributed by atoms with Gasteiger partial charge in [0, 0.05) is 28.9 Å². The van der Waals surface area contributed by atoms with Gasteiger partial charge in [-0.1, -0.05) is 12.1 Å². The number of fused-ring (bicyclic) bond motifs is 1. The molecule has 3 heterocycles. The van der Waals surface area contributed by atoms with Gasteiger partial charge in [0.05, 0.1) is 6.21 Å². The van der Waals surface area contributed by atoms with Gasteiger partial charge in [0.15, 0.2) is 6.61 Å². The van der Waals surface area contributed by atoms with Gasteiger partial charge in [0.25, 0.3) is 5.91 Å². The number of carbonyl (C=O) groups excluding carboxylic acids is 1. The van der Waals surface area contributed by atoms with Crippen molar-refractivity contribution in [2.45, 2.75) is 0 Å². The Morgan fingerprint density at radius 1 is 1.30 bits per heavy atom. The molecule has 0 aliphatic rings. The summed E-state index contributed by atoms with van der Waals surface area (Å²) < 4.78 is 5.62. The van der Waals surface area contributed by atoms with Crippen LogP contribution in [0.4, 0.5) is 0 Å². The maximum atomic E-state index is 12.0. The molecule has 27 heavy (non-hydrogen) atoms. The van der Waals surface area contributed by atoms with Crippen LogP contribution in [-0.4, -0.2) is 28.7 Å². The van der Waals surface area contributed by atoms with Crippen molar-refractivity contribution in [3.63, 3.8) is 0 Å². The lowest BCUT2D eigenvalue weighted by molar-refractivity contribution is -0.123. The molecule has 7 heteroatoms. The second-order valence-electron chi connectivity index (χ2n) is 5.77. The van der Waals surface area contributed by atoms with Gasteiger partial charge in [0.1, 0.15) is 11.4 Å². The fourth-order valence-corrected chi connectivity index (χ4v) is 3.26. The summed E-state index contributed by atoms with van der Waals surface area (Å²) in [4.78, 5) is 19.5. The molecule has 0 saturated heterocycles. The number of amides is 1. The van der Waals surface area contributed by atoms with Crippen LogP contribution in [0.1, 0.15) is 5.56 Å². The van der Waals surface area contributed by atoms with Crippen molar-refractivity contribution in [2.75, 3.05) is 6.61 Å². The second-order valence-corrected chi connectivity index (χ2v) is 6.55. The van der Waals surface area contributed by atoms with Crippen LogP contribution >= 0.6 is 11.3 Å². The number of aromatic nitrogens is 2. The molecule has 6 nitrogen and oxygen atoms in total. The van der Waals surface area contributed by atoms with Crippen LogP contribution in [0.5, 0.6) is 5.75 Å². The summed E-state index contributed by atoms with van der Waals surface area (Å²) in [5.74, 6) is 0.222. The molecular formula is C20H16N4O2S. The Kier molecular flexibility index (Phi) is 4.93. The highest BCUT2D eigenvalue weighted by Crippen LogP contribution is 2.28. The van der Waals surface area contributed by atoms with Crippen LogP contribution in [0.3, 0.4) is 0 Å². The summed E-state index contributed by atoms with van der Waals surface area (Å²) in [5.41, 5.74) is 6.06. The minimum atomic E-state index is -0.340. The van der Waals surface area contributed by atoms with E-state index in [1.807, 2.05) is 47.3 Å². The number of benzene rings is 1. The molecule has 134 valence electrons. The maximum Gasteiger partial charge on any atom is 0.277 e. The molecule has 0 atom stereocenters. The second kappa shape index (κ2) is 7.84. The highest BCUT2D eigenvalue weighted by atomic mass is 32.1. The highest BCUT2D eigenvalue weighted by Gasteiger charge is 2.09. The normalized spacial score (nSPS) is 11.1. The molecule has 1 amide bonds. The minimum Gasteiger partial charge on any atom is -0.481 e. The first-order valence-corrected chi connectivity index (χ1v) is 9.23. The first kappa shape index (κ1) is 17.0. The van der Waals surface area contributed by atoms with Crippen LogP contribution in [0.15, 0.2) is 70.7 Å². The van der Waals surface area contributed by atoms with E-state index in [1.165, 1.54) is 0 Å². The number of hydrogen-bond donors (Lipinski definition) is 2. The standard InChI is InChI=1S/C20H16N4O2S/c25-19(24-23-11-14-3-4-15-5-8-21-17(15)10-14)12-26-18-2-1-7-22-20(18)16-6-9-27-13-16/h1-11,13,21H,12H2,(H,24,25)/b23-11+. The van der Waals surface area contributed by atoms with Gasteiger partial charge < -0.3 is 9.72 Å². The van der Waals surface area contributed by atoms with Gasteiger partial charge in [-0.25, -0.2) is 5.43 Å². The Balaban J connectivity index is 1.35. The van der Waals surface area contributed by atoms with Crippen molar-refractivity contribution in [2.24, 2.45) is 5.10 Å². The van der Waals surface area contributed by atoms with E-state index in [2.05, 4.69) is 20.5 Å². The molecule has 0 aliphatic heterocycles. The summed E-state index contributed by atoms with van der Waals surface area (Å²) in [6.07, 6.45) is 5.18. The molecule has 4 aromatic rings. The molecule has 4 rings (SSSR count). The monoisotopic (exact) mass is 376 g/mol. The van der Waals surface area contributed by atoms with E-state index in [-0.39, 0.29) is 12.5 Å². The molecule has 0 aliphatic carbocycles. The third-order valence-electron chi connectivity index (χ3n) is 3.91. The molecule has 0 saturated carbocycles. The van der Waals surface area contributed by atoms with Gasteiger partial charge in [-0.2, -0.15) is 16.4 Å². The van der Waals surface area contributed by atoms with Gasteiger partial charge >= 0.3 is 0 Å². The number of aromatic amines is 1. The fourth-order valence-electron chi connectivity index (χ4n) is 2.62. The molecule has 2 N–H and O–H groups in total. The summed E-state index contributed by atoms with van der Waals surface area (Å²) in [6.45, 7) is -0.143. The lowest BCUT2D eigenvalue weighted by Crippen LogP contribution is -2.24. The van der Waals surface area contributed by atoms with E-state index in [0.717, 1.165) is 22.0 Å². The van der Waals surface area contributed by atoms with E-state index in [0.29, 0.717) is 11.4 Å². The van der Waals surface area contributed by atoms with E-state index in [4.69, 9.17) is 4.74 Å². The number of pyridine rings is 1. The minimum absolute atomic E-state index is 0.143. The average molecular weight is 376 g/mol. The Hall–Kier alpha value is -3.45. The zero-order chi connectivity index (χ0) is 18.5. The molecule has 1 aromatic carbocycles. The molecule has 0 fully saturated rings. The van der Waals surface area contributed by atoms with Crippen LogP contribution in [0, 0.1) is 0 Å². The lowest BCUT2D eigenvalue weighted by atomic mass is 10.2. The van der Waals surface area contributed by atoms with Crippen molar-refractivity contribution < 1.29 is 9.53 Å². The number of nitrogens with zero attached hydrogens (tertiary/aromatic N) is 2. The van der Waals surface area contributed by atoms with E-state index >= 15 is 0 Å². The largest absolute Gasteiger partial charge is 0.481 e. The number of ether oxygens (including phenoxy) is 1. The highest BCUT2D eigenvalue weighted by molar-refractivity contribution is 7.08. The lowest BCUT2D eigenvalue weighted by Gasteiger charge is -2.08. The Labute approximate surface area is 159 Å². The summed E-state index contributed by atoms with van der Waals surface area (Å²) >= 11 is 1.58. The van der Waals surface area contributed by atoms with Gasteiger partial charge in [-0.3, -0.25) is 9.78 Å². The van der Waals surface area contributed by atoms with Gasteiger partial charge in [-0.15, -0.1) is 0 Å². The first-order valence-electron chi connectivity index (χ1n) is 8.29. The zero-order valence-electron chi connectivity index (χ0n) is 14.3. The van der Waals surface area contributed by atoms with E-state index in [1.54, 1.807) is 35.9 Å². The third-order valence-corrected chi connectivity index (χ3v) is 4.59. The quantitative estimate of drug-likeness (QED) is 0.397. The number of H-pyrrole nitrogens is 1. The summed E-state index contributed by atoms with van der Waals surface area (Å²) in [7, 11) is 0. The molecule has 0 bridgehead atoms. The smallest absolute Gasteiger partial charge is 0.277 e. The fraction of sp³-hybridized carbons (Fsp3) is 0.0500. The van der Waals surface area contributed by atoms with Gasteiger partial charge in [0.2, 0.25) is 0 Å². The number of rotatable bonds is 6. The van der Waals surface area contributed by atoms with Crippen molar-refractivity contribution in [3.05, 3.63) is 71.2 Å². The zero-order valence-corrected chi connectivity index (χ0v) is 15.1. The van der Waals surface area contributed by atoms with Crippen molar-refractivity contribution in [3.8, 4) is 17.0 Å². The summed E-state index contributed by atoms with van der Waals surface area (Å²) in [5, 5.41) is 9.07. The maximum absolute atomic E-state index is 12.0. The molecule has 0 radical (unpaired) electrons. The number of hydrazone groups is 1. The van der Waals surface area contributed by atoms with Crippen LogP contribution in [-0.2, 0) is 4.79 Å². The van der Waals surface area contributed by atoms with Crippen LogP contribution in [0.25, 0.3) is 22.2 Å².